The summed E-state index contributed by atoms with van der Waals surface area (Å²) >= 11 is 0. The van der Waals surface area contributed by atoms with Crippen LogP contribution in [-0.4, -0.2) is 56.2 Å². The van der Waals surface area contributed by atoms with E-state index in [0.29, 0.717) is 46.4 Å². The Labute approximate surface area is 246 Å². The standard InChI is InChI=1S/C32H29FN8O2/c1-43-23-11-19(9-21(33)12-23)24-4-7-36-32-25(24)13-28(39-32)31-26-14-27(37-17-29(26)40-41-31)20-10-22(16-35-15-20)38-30(42)8-18-2-5-34-6-3-18/h4,7,9-18,34H,2-3,5-6,8H2,1H3,(H,36,39)(H,38,42)(H,40,41). The molecule has 216 valence electrons. The van der Waals surface area contributed by atoms with Crippen molar-refractivity contribution in [1.29, 1.82) is 0 Å². The number of hydrogen-bond acceptors (Lipinski definition) is 7. The van der Waals surface area contributed by atoms with Crippen molar-refractivity contribution in [2.75, 3.05) is 25.5 Å². The molecule has 0 saturated carbocycles. The second-order valence-electron chi connectivity index (χ2n) is 10.8. The molecule has 4 N–H and O–H groups in total. The van der Waals surface area contributed by atoms with Crippen molar-refractivity contribution in [1.82, 2.24) is 35.5 Å². The second-order valence-corrected chi connectivity index (χ2v) is 10.8. The third-order valence-electron chi connectivity index (χ3n) is 7.90. The van der Waals surface area contributed by atoms with Crippen LogP contribution < -0.4 is 15.4 Å². The van der Waals surface area contributed by atoms with E-state index in [1.165, 1.54) is 19.2 Å². The van der Waals surface area contributed by atoms with Crippen LogP contribution in [0.3, 0.4) is 0 Å². The van der Waals surface area contributed by atoms with Crippen LogP contribution in [0.1, 0.15) is 19.3 Å². The number of nitrogens with zero attached hydrogens (tertiary/aromatic N) is 4. The van der Waals surface area contributed by atoms with Gasteiger partial charge in [0, 0.05) is 41.2 Å². The van der Waals surface area contributed by atoms with Crippen molar-refractivity contribution in [2.24, 2.45) is 5.92 Å². The Morgan fingerprint density at radius 2 is 1.91 bits per heavy atom. The molecule has 10 nitrogen and oxygen atoms in total. The third kappa shape index (κ3) is 5.42. The fourth-order valence-corrected chi connectivity index (χ4v) is 5.73. The second kappa shape index (κ2) is 11.3. The average molecular weight is 577 g/mol. The summed E-state index contributed by atoms with van der Waals surface area (Å²) in [5.41, 5.74) is 6.46. The van der Waals surface area contributed by atoms with E-state index in [0.717, 1.165) is 59.0 Å². The van der Waals surface area contributed by atoms with E-state index in [4.69, 9.17) is 4.74 Å². The number of amides is 1. The SMILES string of the molecule is COc1cc(F)cc(-c2ccnc3[nH]c(-c4n[nH]c5cnc(-c6cncc(NC(=O)CC7CCNCC7)c6)cc45)cc23)c1. The van der Waals surface area contributed by atoms with E-state index in [2.05, 4.69) is 40.8 Å². The smallest absolute Gasteiger partial charge is 0.224 e. The number of aromatic amines is 2. The largest absolute Gasteiger partial charge is 0.497 e. The molecule has 0 bridgehead atoms. The number of piperidine rings is 1. The third-order valence-corrected chi connectivity index (χ3v) is 7.90. The van der Waals surface area contributed by atoms with Crippen molar-refractivity contribution >= 4 is 33.5 Å². The molecular weight excluding hydrogens is 547 g/mol. The zero-order valence-corrected chi connectivity index (χ0v) is 23.4. The van der Waals surface area contributed by atoms with Gasteiger partial charge in [0.1, 0.15) is 22.9 Å². The molecule has 7 rings (SSSR count). The van der Waals surface area contributed by atoms with Crippen LogP contribution in [0, 0.1) is 11.7 Å². The van der Waals surface area contributed by atoms with E-state index in [-0.39, 0.29) is 11.7 Å². The zero-order chi connectivity index (χ0) is 29.3. The van der Waals surface area contributed by atoms with E-state index < -0.39 is 0 Å². The number of hydrogen-bond donors (Lipinski definition) is 4. The van der Waals surface area contributed by atoms with Gasteiger partial charge < -0.3 is 20.4 Å². The van der Waals surface area contributed by atoms with Crippen molar-refractivity contribution in [3.8, 4) is 39.5 Å². The summed E-state index contributed by atoms with van der Waals surface area (Å²) in [5.74, 6) is 0.450. The number of pyridine rings is 3. The molecule has 1 aliphatic heterocycles. The maximum atomic E-state index is 14.3. The summed E-state index contributed by atoms with van der Waals surface area (Å²) in [6.45, 7) is 1.91. The molecule has 43 heavy (non-hydrogen) atoms. The highest BCUT2D eigenvalue weighted by atomic mass is 19.1. The molecule has 1 saturated heterocycles. The number of anilines is 1. The first-order chi connectivity index (χ1) is 21.0. The number of halogens is 1. The van der Waals surface area contributed by atoms with Gasteiger partial charge >= 0.3 is 0 Å². The number of methoxy groups -OCH3 is 1. The molecular formula is C32H29FN8O2. The predicted molar refractivity (Wildman–Crippen MR) is 163 cm³/mol. The summed E-state index contributed by atoms with van der Waals surface area (Å²) in [6, 6.07) is 12.3. The van der Waals surface area contributed by atoms with Gasteiger partial charge in [-0.25, -0.2) is 9.37 Å². The minimum Gasteiger partial charge on any atom is -0.497 e. The lowest BCUT2D eigenvalue weighted by atomic mass is 9.94. The van der Waals surface area contributed by atoms with Crippen molar-refractivity contribution in [2.45, 2.75) is 19.3 Å². The molecule has 0 unspecified atom stereocenters. The van der Waals surface area contributed by atoms with Gasteiger partial charge in [-0.05, 0) is 79.4 Å². The number of fused-ring (bicyclic) bond motifs is 2. The van der Waals surface area contributed by atoms with Crippen molar-refractivity contribution in [3.63, 3.8) is 0 Å². The van der Waals surface area contributed by atoms with Gasteiger partial charge in [-0.2, -0.15) is 5.10 Å². The number of benzene rings is 1. The highest BCUT2D eigenvalue weighted by Crippen LogP contribution is 2.35. The molecule has 6 heterocycles. The van der Waals surface area contributed by atoms with Crippen LogP contribution >= 0.6 is 0 Å². The quantitative estimate of drug-likeness (QED) is 0.191. The molecule has 1 fully saturated rings. The maximum absolute atomic E-state index is 14.3. The topological polar surface area (TPSA) is 134 Å². The number of rotatable bonds is 7. The van der Waals surface area contributed by atoms with E-state index >= 15 is 0 Å². The maximum Gasteiger partial charge on any atom is 0.224 e. The van der Waals surface area contributed by atoms with E-state index in [9.17, 15) is 9.18 Å². The van der Waals surface area contributed by atoms with Crippen molar-refractivity contribution < 1.29 is 13.9 Å². The first kappa shape index (κ1) is 26.7. The van der Waals surface area contributed by atoms with Gasteiger partial charge in [0.2, 0.25) is 5.91 Å². The summed E-state index contributed by atoms with van der Waals surface area (Å²) < 4.78 is 19.6. The van der Waals surface area contributed by atoms with Crippen LogP contribution in [0.2, 0.25) is 0 Å². The Hall–Kier alpha value is -5.16. The highest BCUT2D eigenvalue weighted by Gasteiger charge is 2.18. The Morgan fingerprint density at radius 3 is 2.77 bits per heavy atom. The van der Waals surface area contributed by atoms with Gasteiger partial charge in [0.05, 0.1) is 42.1 Å². The van der Waals surface area contributed by atoms with Crippen LogP contribution in [-0.2, 0) is 4.79 Å². The van der Waals surface area contributed by atoms with Gasteiger partial charge in [-0.15, -0.1) is 0 Å². The lowest BCUT2D eigenvalue weighted by Crippen LogP contribution is -2.30. The number of nitrogens with one attached hydrogen (secondary N) is 4. The fourth-order valence-electron chi connectivity index (χ4n) is 5.73. The minimum atomic E-state index is -0.381. The first-order valence-corrected chi connectivity index (χ1v) is 14.2. The number of aromatic nitrogens is 6. The zero-order valence-electron chi connectivity index (χ0n) is 23.4. The lowest BCUT2D eigenvalue weighted by Gasteiger charge is -2.21. The molecule has 6 aromatic rings. The predicted octanol–water partition coefficient (Wildman–Crippen LogP) is 5.71. The molecule has 0 atom stereocenters. The molecule has 0 radical (unpaired) electrons. The number of carbonyl (C=O) groups excluding carboxylic acids is 1. The summed E-state index contributed by atoms with van der Waals surface area (Å²) in [6.07, 6.45) is 9.31. The first-order valence-electron chi connectivity index (χ1n) is 14.2. The molecule has 5 aromatic heterocycles. The highest BCUT2D eigenvalue weighted by molar-refractivity contribution is 6.00. The number of ether oxygens (including phenoxy) is 1. The van der Waals surface area contributed by atoms with E-state index in [1.807, 2.05) is 24.3 Å². The molecule has 1 amide bonds. The van der Waals surface area contributed by atoms with Crippen LogP contribution in [0.25, 0.3) is 55.7 Å². The Bertz CT molecular complexity index is 1960. The molecule has 0 spiro atoms. The minimum absolute atomic E-state index is 0.00476. The van der Waals surface area contributed by atoms with Gasteiger partial charge in [0.15, 0.2) is 0 Å². The van der Waals surface area contributed by atoms with Crippen LogP contribution in [0.15, 0.2) is 67.3 Å². The Kier molecular flexibility index (Phi) is 6.99. The molecule has 1 aliphatic rings. The average Bonchev–Trinajstić information content (AvgIpc) is 3.65. The Morgan fingerprint density at radius 1 is 1.02 bits per heavy atom. The fraction of sp³-hybridized carbons (Fsp3) is 0.219. The van der Waals surface area contributed by atoms with Gasteiger partial charge in [0.25, 0.3) is 0 Å². The monoisotopic (exact) mass is 576 g/mol. The van der Waals surface area contributed by atoms with E-state index in [1.54, 1.807) is 30.9 Å². The lowest BCUT2D eigenvalue weighted by molar-refractivity contribution is -0.117. The molecule has 11 heteroatoms. The van der Waals surface area contributed by atoms with Gasteiger partial charge in [-0.3, -0.25) is 19.9 Å². The normalized spacial score (nSPS) is 13.9. The summed E-state index contributed by atoms with van der Waals surface area (Å²) in [5, 5.41) is 15.6. The molecule has 1 aromatic carbocycles. The van der Waals surface area contributed by atoms with Gasteiger partial charge in [-0.1, -0.05) is 0 Å². The van der Waals surface area contributed by atoms with Crippen molar-refractivity contribution in [3.05, 3.63) is 73.1 Å². The Balaban J connectivity index is 1.20. The molecule has 0 aliphatic carbocycles. The summed E-state index contributed by atoms with van der Waals surface area (Å²) in [4.78, 5) is 29.5. The van der Waals surface area contributed by atoms with Crippen LogP contribution in [0.5, 0.6) is 5.75 Å². The summed E-state index contributed by atoms with van der Waals surface area (Å²) in [7, 11) is 1.51. The number of H-pyrrole nitrogens is 2. The number of carbonyl (C=O) groups is 1. The van der Waals surface area contributed by atoms with Crippen LogP contribution in [0.4, 0.5) is 10.1 Å².